The van der Waals surface area contributed by atoms with E-state index in [0.717, 1.165) is 16.7 Å². The minimum atomic E-state index is -1.08. The van der Waals surface area contributed by atoms with Gasteiger partial charge in [-0.15, -0.1) is 0 Å². The maximum Gasteiger partial charge on any atom is 0.326 e. The highest BCUT2D eigenvalue weighted by molar-refractivity contribution is 5.96. The number of nitrogens with one attached hydrogen (secondary N) is 1. The monoisotopic (exact) mass is 322 g/mol. The first-order valence-corrected chi connectivity index (χ1v) is 7.51. The van der Waals surface area contributed by atoms with Gasteiger partial charge in [-0.2, -0.15) is 5.26 Å². The number of carboxylic acid groups (broad SMARTS) is 1. The van der Waals surface area contributed by atoms with Crippen molar-refractivity contribution in [2.24, 2.45) is 0 Å². The molecule has 0 fully saturated rings. The number of aryl methyl sites for hydroxylation is 2. The van der Waals surface area contributed by atoms with Crippen LogP contribution in [0.3, 0.4) is 0 Å². The van der Waals surface area contributed by atoms with E-state index in [0.29, 0.717) is 11.1 Å². The number of nitrogens with zero attached hydrogens (tertiary/aromatic N) is 1. The SMILES string of the molecule is Cc1cccc(C)c1C[C@@H](NC(=O)c1ccc(C#N)cc1)C(=O)O. The van der Waals surface area contributed by atoms with Gasteiger partial charge in [-0.3, -0.25) is 4.79 Å². The smallest absolute Gasteiger partial charge is 0.326 e. The average molecular weight is 322 g/mol. The summed E-state index contributed by atoms with van der Waals surface area (Å²) in [4.78, 5) is 23.8. The molecule has 0 heterocycles. The van der Waals surface area contributed by atoms with E-state index in [9.17, 15) is 14.7 Å². The summed E-state index contributed by atoms with van der Waals surface area (Å²) in [6, 6.07) is 12.8. The van der Waals surface area contributed by atoms with Crippen molar-refractivity contribution >= 4 is 11.9 Å². The zero-order chi connectivity index (χ0) is 17.7. The van der Waals surface area contributed by atoms with Crippen LogP contribution in [0.15, 0.2) is 42.5 Å². The van der Waals surface area contributed by atoms with Crippen LogP contribution in [0.25, 0.3) is 0 Å². The van der Waals surface area contributed by atoms with Crippen LogP contribution in [0.2, 0.25) is 0 Å². The van der Waals surface area contributed by atoms with Crippen molar-refractivity contribution in [3.63, 3.8) is 0 Å². The Bertz CT molecular complexity index is 784. The third-order valence-electron chi connectivity index (χ3n) is 3.93. The molecule has 0 aliphatic carbocycles. The Balaban J connectivity index is 2.18. The second-order valence-corrected chi connectivity index (χ2v) is 5.63. The van der Waals surface area contributed by atoms with Gasteiger partial charge in [0.25, 0.3) is 5.91 Å². The van der Waals surface area contributed by atoms with Crippen molar-refractivity contribution in [1.82, 2.24) is 5.32 Å². The third-order valence-corrected chi connectivity index (χ3v) is 3.93. The molecule has 2 rings (SSSR count). The number of amides is 1. The molecule has 0 bridgehead atoms. The van der Waals surface area contributed by atoms with Crippen molar-refractivity contribution in [3.8, 4) is 6.07 Å². The van der Waals surface area contributed by atoms with Gasteiger partial charge in [0.05, 0.1) is 11.6 Å². The van der Waals surface area contributed by atoms with Crippen LogP contribution in [0.5, 0.6) is 0 Å². The van der Waals surface area contributed by atoms with Gasteiger partial charge in [-0.05, 0) is 54.8 Å². The molecule has 1 amide bonds. The summed E-state index contributed by atoms with van der Waals surface area (Å²) in [7, 11) is 0. The van der Waals surface area contributed by atoms with E-state index in [1.54, 1.807) is 0 Å². The molecule has 5 nitrogen and oxygen atoms in total. The topological polar surface area (TPSA) is 90.2 Å². The number of hydrogen-bond acceptors (Lipinski definition) is 3. The van der Waals surface area contributed by atoms with Crippen LogP contribution in [-0.2, 0) is 11.2 Å². The highest BCUT2D eigenvalue weighted by atomic mass is 16.4. The summed E-state index contributed by atoms with van der Waals surface area (Å²) in [6.07, 6.45) is 0.218. The fourth-order valence-electron chi connectivity index (χ4n) is 2.51. The van der Waals surface area contributed by atoms with Crippen LogP contribution in [-0.4, -0.2) is 23.0 Å². The molecule has 122 valence electrons. The van der Waals surface area contributed by atoms with E-state index in [2.05, 4.69) is 5.32 Å². The highest BCUT2D eigenvalue weighted by Gasteiger charge is 2.22. The second-order valence-electron chi connectivity index (χ2n) is 5.63. The van der Waals surface area contributed by atoms with Gasteiger partial charge in [0, 0.05) is 12.0 Å². The molecule has 1 atom stereocenters. The maximum atomic E-state index is 12.3. The third kappa shape index (κ3) is 3.99. The summed E-state index contributed by atoms with van der Waals surface area (Å²) < 4.78 is 0. The lowest BCUT2D eigenvalue weighted by Crippen LogP contribution is -2.42. The number of aliphatic carboxylic acids is 1. The number of carbonyl (C=O) groups excluding carboxylic acids is 1. The molecule has 0 aliphatic rings. The number of nitriles is 1. The molecular weight excluding hydrogens is 304 g/mol. The Morgan fingerprint density at radius 2 is 1.71 bits per heavy atom. The molecule has 0 radical (unpaired) electrons. The molecule has 0 spiro atoms. The average Bonchev–Trinajstić information content (AvgIpc) is 2.57. The Kier molecular flexibility index (Phi) is 5.33. The molecule has 0 saturated heterocycles. The van der Waals surface area contributed by atoms with E-state index < -0.39 is 17.9 Å². The summed E-state index contributed by atoms with van der Waals surface area (Å²) in [5, 5.41) is 20.8. The van der Waals surface area contributed by atoms with Gasteiger partial charge in [-0.25, -0.2) is 4.79 Å². The molecule has 2 aromatic rings. The van der Waals surface area contributed by atoms with E-state index in [4.69, 9.17) is 5.26 Å². The van der Waals surface area contributed by atoms with Crippen molar-refractivity contribution in [3.05, 3.63) is 70.3 Å². The molecule has 0 aliphatic heterocycles. The van der Waals surface area contributed by atoms with E-state index in [1.807, 2.05) is 38.1 Å². The quantitative estimate of drug-likeness (QED) is 0.885. The predicted octanol–water partition coefficient (Wildman–Crippen LogP) is 2.60. The maximum absolute atomic E-state index is 12.3. The zero-order valence-corrected chi connectivity index (χ0v) is 13.5. The number of hydrogen-bond donors (Lipinski definition) is 2. The Labute approximate surface area is 140 Å². The fraction of sp³-hybridized carbons (Fsp3) is 0.211. The largest absolute Gasteiger partial charge is 0.480 e. The normalized spacial score (nSPS) is 11.4. The predicted molar refractivity (Wildman–Crippen MR) is 89.7 cm³/mol. The lowest BCUT2D eigenvalue weighted by Gasteiger charge is -2.17. The molecule has 2 N–H and O–H groups in total. The molecular formula is C19H18N2O3. The van der Waals surface area contributed by atoms with E-state index in [-0.39, 0.29) is 6.42 Å². The van der Waals surface area contributed by atoms with Crippen molar-refractivity contribution in [2.45, 2.75) is 26.3 Å². The van der Waals surface area contributed by atoms with E-state index in [1.165, 1.54) is 24.3 Å². The van der Waals surface area contributed by atoms with Gasteiger partial charge >= 0.3 is 5.97 Å². The molecule has 0 aromatic heterocycles. The Morgan fingerprint density at radius 1 is 1.12 bits per heavy atom. The lowest BCUT2D eigenvalue weighted by atomic mass is 9.96. The van der Waals surface area contributed by atoms with Crippen molar-refractivity contribution in [1.29, 1.82) is 5.26 Å². The number of carboxylic acids is 1. The first-order valence-electron chi connectivity index (χ1n) is 7.51. The van der Waals surface area contributed by atoms with Crippen LogP contribution in [0.4, 0.5) is 0 Å². The number of rotatable bonds is 5. The first-order chi connectivity index (χ1) is 11.4. The van der Waals surface area contributed by atoms with Crippen LogP contribution < -0.4 is 5.32 Å². The Morgan fingerprint density at radius 3 is 2.21 bits per heavy atom. The van der Waals surface area contributed by atoms with Crippen LogP contribution in [0.1, 0.15) is 32.6 Å². The molecule has 2 aromatic carbocycles. The summed E-state index contributed by atoms with van der Waals surface area (Å²) >= 11 is 0. The van der Waals surface area contributed by atoms with Crippen molar-refractivity contribution < 1.29 is 14.7 Å². The van der Waals surface area contributed by atoms with Crippen LogP contribution >= 0.6 is 0 Å². The standard InChI is InChI=1S/C19H18N2O3/c1-12-4-3-5-13(2)16(12)10-17(19(23)24)21-18(22)15-8-6-14(11-20)7-9-15/h3-9,17H,10H2,1-2H3,(H,21,22)(H,23,24)/t17-/m1/s1. The van der Waals surface area contributed by atoms with Crippen LogP contribution in [0, 0.1) is 25.2 Å². The molecule has 0 saturated carbocycles. The van der Waals surface area contributed by atoms with Gasteiger partial charge < -0.3 is 10.4 Å². The molecule has 5 heteroatoms. The minimum Gasteiger partial charge on any atom is -0.480 e. The van der Waals surface area contributed by atoms with E-state index >= 15 is 0 Å². The van der Waals surface area contributed by atoms with Gasteiger partial charge in [0.1, 0.15) is 6.04 Å². The Hall–Kier alpha value is -3.13. The molecule has 24 heavy (non-hydrogen) atoms. The lowest BCUT2D eigenvalue weighted by molar-refractivity contribution is -0.139. The van der Waals surface area contributed by atoms with Crippen molar-refractivity contribution in [2.75, 3.05) is 0 Å². The first kappa shape index (κ1) is 17.2. The van der Waals surface area contributed by atoms with Gasteiger partial charge in [0.15, 0.2) is 0 Å². The number of benzene rings is 2. The van der Waals surface area contributed by atoms with Gasteiger partial charge in [0.2, 0.25) is 0 Å². The second kappa shape index (κ2) is 7.42. The highest BCUT2D eigenvalue weighted by Crippen LogP contribution is 2.16. The zero-order valence-electron chi connectivity index (χ0n) is 13.5. The molecule has 0 unspecified atom stereocenters. The minimum absolute atomic E-state index is 0.218. The summed E-state index contributed by atoms with van der Waals surface area (Å²) in [5.41, 5.74) is 3.67. The summed E-state index contributed by atoms with van der Waals surface area (Å²) in [6.45, 7) is 3.84. The number of carbonyl (C=O) groups is 2. The summed E-state index contributed by atoms with van der Waals surface area (Å²) in [5.74, 6) is -1.56. The fourth-order valence-corrected chi connectivity index (χ4v) is 2.51. The van der Waals surface area contributed by atoms with Gasteiger partial charge in [-0.1, -0.05) is 18.2 Å².